The molecule has 1 heterocycles. The molecule has 1 N–H and O–H groups in total. The zero-order valence-electron chi connectivity index (χ0n) is 11.8. The van der Waals surface area contributed by atoms with E-state index in [2.05, 4.69) is 17.1 Å². The minimum Gasteiger partial charge on any atom is -0.311 e. The number of hydrogen-bond donors (Lipinski definition) is 1. The molecular formula is C16H28N2. The van der Waals surface area contributed by atoms with Gasteiger partial charge >= 0.3 is 0 Å². The van der Waals surface area contributed by atoms with Crippen LogP contribution < -0.4 is 5.32 Å². The average Bonchev–Trinajstić information content (AvgIpc) is 3.16. The molecule has 0 spiro atoms. The van der Waals surface area contributed by atoms with Gasteiger partial charge in [0.25, 0.3) is 0 Å². The molecule has 0 aromatic carbocycles. The van der Waals surface area contributed by atoms with Crippen LogP contribution in [0.15, 0.2) is 0 Å². The van der Waals surface area contributed by atoms with E-state index in [-0.39, 0.29) is 0 Å². The maximum Gasteiger partial charge on any atom is 0.0334 e. The predicted molar refractivity (Wildman–Crippen MR) is 74.6 cm³/mol. The summed E-state index contributed by atoms with van der Waals surface area (Å²) in [5.74, 6) is 3.03. The summed E-state index contributed by atoms with van der Waals surface area (Å²) < 4.78 is 0. The summed E-state index contributed by atoms with van der Waals surface area (Å²) in [5.41, 5.74) is 0.487. The van der Waals surface area contributed by atoms with E-state index in [9.17, 15) is 0 Å². The van der Waals surface area contributed by atoms with E-state index in [1.807, 2.05) is 0 Å². The molecule has 0 amide bonds. The molecule has 4 fully saturated rings. The van der Waals surface area contributed by atoms with Crippen LogP contribution in [0.3, 0.4) is 0 Å². The highest BCUT2D eigenvalue weighted by Crippen LogP contribution is 2.46. The van der Waals surface area contributed by atoms with Crippen molar-refractivity contribution in [3.63, 3.8) is 0 Å². The Bertz CT molecular complexity index is 317. The number of nitrogens with zero attached hydrogens (tertiary/aromatic N) is 1. The maximum absolute atomic E-state index is 3.89. The van der Waals surface area contributed by atoms with Crippen LogP contribution in [0.1, 0.15) is 51.9 Å². The minimum absolute atomic E-state index is 0.487. The second-order valence-electron chi connectivity index (χ2n) is 7.66. The maximum atomic E-state index is 3.89. The minimum atomic E-state index is 0.487. The van der Waals surface area contributed by atoms with Gasteiger partial charge in [-0.3, -0.25) is 4.90 Å². The van der Waals surface area contributed by atoms with E-state index >= 15 is 0 Å². The fourth-order valence-electron chi connectivity index (χ4n) is 4.15. The second kappa shape index (κ2) is 4.21. The molecule has 1 saturated heterocycles. The van der Waals surface area contributed by atoms with Crippen molar-refractivity contribution in [2.45, 2.75) is 63.5 Å². The Morgan fingerprint density at radius 3 is 2.44 bits per heavy atom. The van der Waals surface area contributed by atoms with Crippen LogP contribution in [0.4, 0.5) is 0 Å². The highest BCUT2D eigenvalue weighted by molar-refractivity contribution is 5.07. The zero-order valence-corrected chi connectivity index (χ0v) is 11.8. The van der Waals surface area contributed by atoms with Crippen molar-refractivity contribution in [2.24, 2.45) is 17.8 Å². The Morgan fingerprint density at radius 2 is 1.89 bits per heavy atom. The first-order valence-corrected chi connectivity index (χ1v) is 8.24. The van der Waals surface area contributed by atoms with Gasteiger partial charge in [0, 0.05) is 31.2 Å². The fraction of sp³-hybridized carbons (Fsp3) is 1.00. The number of nitrogens with one attached hydrogen (secondary N) is 1. The van der Waals surface area contributed by atoms with Crippen LogP contribution >= 0.6 is 0 Å². The topological polar surface area (TPSA) is 15.3 Å². The van der Waals surface area contributed by atoms with Crippen LogP contribution in [0, 0.1) is 17.8 Å². The number of piperazine rings is 1. The third kappa shape index (κ3) is 2.02. The van der Waals surface area contributed by atoms with Crippen LogP contribution in [0.2, 0.25) is 0 Å². The highest BCUT2D eigenvalue weighted by Gasteiger charge is 2.50. The first kappa shape index (κ1) is 11.7. The van der Waals surface area contributed by atoms with Gasteiger partial charge in [-0.15, -0.1) is 0 Å². The monoisotopic (exact) mass is 248 g/mol. The van der Waals surface area contributed by atoms with Crippen LogP contribution in [0.5, 0.6) is 0 Å². The molecule has 1 aliphatic heterocycles. The van der Waals surface area contributed by atoms with Gasteiger partial charge in [-0.2, -0.15) is 0 Å². The molecule has 0 radical (unpaired) electrons. The van der Waals surface area contributed by atoms with Gasteiger partial charge in [0.15, 0.2) is 0 Å². The van der Waals surface area contributed by atoms with Crippen LogP contribution in [-0.2, 0) is 0 Å². The van der Waals surface area contributed by atoms with Crippen LogP contribution in [-0.4, -0.2) is 36.1 Å². The molecule has 0 aromatic heterocycles. The molecule has 4 rings (SSSR count). The first-order valence-electron chi connectivity index (χ1n) is 8.24. The fourth-order valence-corrected chi connectivity index (χ4v) is 4.15. The van der Waals surface area contributed by atoms with Gasteiger partial charge in [-0.25, -0.2) is 0 Å². The van der Waals surface area contributed by atoms with Gasteiger partial charge in [0.2, 0.25) is 0 Å². The third-order valence-electron chi connectivity index (χ3n) is 6.21. The quantitative estimate of drug-likeness (QED) is 0.823. The van der Waals surface area contributed by atoms with Crippen molar-refractivity contribution < 1.29 is 0 Å². The van der Waals surface area contributed by atoms with Gasteiger partial charge in [0.05, 0.1) is 0 Å². The molecule has 2 unspecified atom stereocenters. The van der Waals surface area contributed by atoms with Gasteiger partial charge in [-0.1, -0.05) is 6.42 Å². The molecule has 102 valence electrons. The Kier molecular flexibility index (Phi) is 2.74. The molecule has 3 aliphatic carbocycles. The molecule has 2 heteroatoms. The van der Waals surface area contributed by atoms with E-state index in [4.69, 9.17) is 0 Å². The predicted octanol–water partition coefficient (Wildman–Crippen LogP) is 2.64. The zero-order chi connectivity index (χ0) is 12.2. The first-order chi connectivity index (χ1) is 8.75. The van der Waals surface area contributed by atoms with Gasteiger partial charge in [-0.05, 0) is 63.2 Å². The lowest BCUT2D eigenvalue weighted by Crippen LogP contribution is -2.65. The smallest absolute Gasteiger partial charge is 0.0334 e. The number of rotatable bonds is 4. The Labute approximate surface area is 111 Å². The van der Waals surface area contributed by atoms with Crippen molar-refractivity contribution in [3.8, 4) is 0 Å². The summed E-state index contributed by atoms with van der Waals surface area (Å²) >= 11 is 0. The van der Waals surface area contributed by atoms with Crippen molar-refractivity contribution in [1.82, 2.24) is 10.2 Å². The van der Waals surface area contributed by atoms with E-state index in [1.54, 1.807) is 0 Å². The molecule has 4 aliphatic rings. The highest BCUT2D eigenvalue weighted by atomic mass is 15.3. The Balaban J connectivity index is 1.47. The SMILES string of the molecule is CC1(C2CC2)CNC(C2CC2)CN1CC1CCC1. The summed E-state index contributed by atoms with van der Waals surface area (Å²) in [6.07, 6.45) is 10.4. The average molecular weight is 248 g/mol. The molecule has 3 saturated carbocycles. The van der Waals surface area contributed by atoms with Crippen molar-refractivity contribution in [1.29, 1.82) is 0 Å². The van der Waals surface area contributed by atoms with Gasteiger partial charge < -0.3 is 5.32 Å². The molecule has 0 bridgehead atoms. The number of hydrogen-bond acceptors (Lipinski definition) is 2. The summed E-state index contributed by atoms with van der Waals surface area (Å²) in [6.45, 7) is 6.54. The molecule has 0 aromatic rings. The van der Waals surface area contributed by atoms with Crippen molar-refractivity contribution >= 4 is 0 Å². The lowest BCUT2D eigenvalue weighted by Gasteiger charge is -2.51. The Hall–Kier alpha value is -0.0800. The molecular weight excluding hydrogens is 220 g/mol. The normalized spacial score (nSPS) is 42.8. The van der Waals surface area contributed by atoms with Gasteiger partial charge in [0.1, 0.15) is 0 Å². The van der Waals surface area contributed by atoms with Crippen molar-refractivity contribution in [2.75, 3.05) is 19.6 Å². The van der Waals surface area contributed by atoms with E-state index in [1.165, 1.54) is 64.6 Å². The third-order valence-corrected chi connectivity index (χ3v) is 6.21. The van der Waals surface area contributed by atoms with E-state index < -0.39 is 0 Å². The molecule has 18 heavy (non-hydrogen) atoms. The van der Waals surface area contributed by atoms with Crippen LogP contribution in [0.25, 0.3) is 0 Å². The van der Waals surface area contributed by atoms with E-state index in [0.717, 1.165) is 23.8 Å². The summed E-state index contributed by atoms with van der Waals surface area (Å²) in [7, 11) is 0. The lowest BCUT2D eigenvalue weighted by molar-refractivity contribution is 0.00730. The largest absolute Gasteiger partial charge is 0.311 e. The summed E-state index contributed by atoms with van der Waals surface area (Å²) in [6, 6.07) is 0.817. The van der Waals surface area contributed by atoms with Crippen molar-refractivity contribution in [3.05, 3.63) is 0 Å². The Morgan fingerprint density at radius 1 is 1.11 bits per heavy atom. The summed E-state index contributed by atoms with van der Waals surface area (Å²) in [5, 5.41) is 3.89. The van der Waals surface area contributed by atoms with E-state index in [0.29, 0.717) is 5.54 Å². The summed E-state index contributed by atoms with van der Waals surface area (Å²) in [4.78, 5) is 2.91. The molecule has 2 nitrogen and oxygen atoms in total. The molecule has 2 atom stereocenters. The standard InChI is InChI=1S/C16H28N2/c1-16(14-7-8-14)11-17-15(13-5-6-13)10-18(16)9-12-3-2-4-12/h12-15,17H,2-11H2,1H3. The lowest BCUT2D eigenvalue weighted by atomic mass is 9.81. The second-order valence-corrected chi connectivity index (χ2v) is 7.66.